The number of aliphatic carboxylic acids is 1. The summed E-state index contributed by atoms with van der Waals surface area (Å²) in [5.74, 6) is 0.968. The Bertz CT molecular complexity index is 647. The number of hydrogen-bond acceptors (Lipinski definition) is 5. The normalized spacial score (nSPS) is 11.6. The van der Waals surface area contributed by atoms with E-state index in [2.05, 4.69) is 59.6 Å². The van der Waals surface area contributed by atoms with Crippen molar-refractivity contribution < 1.29 is 9.90 Å². The molecule has 0 aromatic carbocycles. The van der Waals surface area contributed by atoms with Gasteiger partial charge in [0.05, 0.1) is 0 Å². The van der Waals surface area contributed by atoms with E-state index >= 15 is 0 Å². The molecule has 2 atom stereocenters. The second-order valence-corrected chi connectivity index (χ2v) is 10.1. The van der Waals surface area contributed by atoms with Crippen LogP contribution in [0.4, 0.5) is 0 Å². The fraction of sp³-hybridized carbons (Fsp3) is 0.821. The van der Waals surface area contributed by atoms with Crippen molar-refractivity contribution in [3.8, 4) is 0 Å². The molecule has 0 heterocycles. The molecule has 0 bridgehead atoms. The van der Waals surface area contributed by atoms with Gasteiger partial charge in [-0.2, -0.15) is 0 Å². The summed E-state index contributed by atoms with van der Waals surface area (Å²) in [5, 5.41) is 56.9. The van der Waals surface area contributed by atoms with E-state index in [4.69, 9.17) is 31.5 Å². The molecule has 0 aliphatic carbocycles. The summed E-state index contributed by atoms with van der Waals surface area (Å²) >= 11 is 0. The zero-order valence-electron chi connectivity index (χ0n) is 25.8. The first kappa shape index (κ1) is 39.1. The first-order chi connectivity index (χ1) is 19.1. The summed E-state index contributed by atoms with van der Waals surface area (Å²) in [5.41, 5.74) is 0. The highest BCUT2D eigenvalue weighted by atomic mass is 16.4. The third-order valence-electron chi connectivity index (χ3n) is 6.43. The Morgan fingerprint density at radius 1 is 0.600 bits per heavy atom. The molecular weight excluding hydrogens is 508 g/mol. The summed E-state index contributed by atoms with van der Waals surface area (Å²) < 4.78 is 0. The van der Waals surface area contributed by atoms with E-state index in [0.717, 1.165) is 58.5 Å². The molecule has 234 valence electrons. The van der Waals surface area contributed by atoms with Gasteiger partial charge in [0.1, 0.15) is 0 Å². The number of guanidine groups is 4. The van der Waals surface area contributed by atoms with E-state index < -0.39 is 5.97 Å². The minimum atomic E-state index is -0.833. The topological polar surface area (TPSA) is 205 Å². The van der Waals surface area contributed by atoms with Gasteiger partial charge in [0.25, 0.3) is 5.97 Å². The zero-order chi connectivity index (χ0) is 30.6. The Balaban J connectivity index is 0. The molecule has 0 aliphatic heterocycles. The molecule has 0 fully saturated rings. The SMILES string of the molecule is CC(=O)O.CCCCC(CC)CNC(=N)NC(=N)NCCCCCCNC(=N)NC(=N)NCC(CC)CCCC. The van der Waals surface area contributed by atoms with Crippen molar-refractivity contribution in [2.24, 2.45) is 11.8 Å². The predicted molar refractivity (Wildman–Crippen MR) is 168 cm³/mol. The molecule has 12 heteroatoms. The minimum Gasteiger partial charge on any atom is -0.481 e. The van der Waals surface area contributed by atoms with Crippen LogP contribution in [0.1, 0.15) is 112 Å². The largest absolute Gasteiger partial charge is 0.481 e. The Kier molecular flexibility index (Phi) is 26.9. The molecule has 0 rings (SSSR count). The van der Waals surface area contributed by atoms with Crippen LogP contribution < -0.4 is 31.9 Å². The number of rotatable bonds is 19. The summed E-state index contributed by atoms with van der Waals surface area (Å²) in [7, 11) is 0. The molecule has 2 unspecified atom stereocenters. The monoisotopic (exact) mass is 568 g/mol. The Hall–Kier alpha value is -3.05. The van der Waals surface area contributed by atoms with Crippen molar-refractivity contribution in [2.45, 2.75) is 112 Å². The fourth-order valence-electron chi connectivity index (χ4n) is 3.84. The lowest BCUT2D eigenvalue weighted by Gasteiger charge is -2.18. The lowest BCUT2D eigenvalue weighted by molar-refractivity contribution is -0.134. The number of nitrogens with one attached hydrogen (secondary N) is 10. The zero-order valence-corrected chi connectivity index (χ0v) is 25.8. The van der Waals surface area contributed by atoms with Gasteiger partial charge in [-0.1, -0.05) is 79.1 Å². The van der Waals surface area contributed by atoms with E-state index in [-0.39, 0.29) is 23.8 Å². The molecule has 40 heavy (non-hydrogen) atoms. The van der Waals surface area contributed by atoms with Gasteiger partial charge in [0, 0.05) is 33.1 Å². The van der Waals surface area contributed by atoms with Crippen LogP contribution in [0.2, 0.25) is 0 Å². The van der Waals surface area contributed by atoms with E-state index in [1.54, 1.807) is 0 Å². The van der Waals surface area contributed by atoms with Gasteiger partial charge in [0.2, 0.25) is 0 Å². The quantitative estimate of drug-likeness (QED) is 0.0612. The van der Waals surface area contributed by atoms with Gasteiger partial charge < -0.3 is 26.4 Å². The number of hydrogen-bond donors (Lipinski definition) is 11. The van der Waals surface area contributed by atoms with Crippen molar-refractivity contribution in [1.82, 2.24) is 31.9 Å². The van der Waals surface area contributed by atoms with E-state index in [1.165, 1.54) is 38.5 Å². The highest BCUT2D eigenvalue weighted by Gasteiger charge is 2.08. The molecule has 0 saturated carbocycles. The van der Waals surface area contributed by atoms with E-state index in [9.17, 15) is 0 Å². The first-order valence-corrected chi connectivity index (χ1v) is 15.1. The molecular formula is C28H60N10O2. The molecule has 12 nitrogen and oxygen atoms in total. The highest BCUT2D eigenvalue weighted by molar-refractivity contribution is 5.96. The van der Waals surface area contributed by atoms with Crippen LogP contribution in [0.5, 0.6) is 0 Å². The molecule has 11 N–H and O–H groups in total. The van der Waals surface area contributed by atoms with Crippen molar-refractivity contribution in [2.75, 3.05) is 26.2 Å². The van der Waals surface area contributed by atoms with Crippen molar-refractivity contribution in [3.63, 3.8) is 0 Å². The van der Waals surface area contributed by atoms with Gasteiger partial charge in [-0.3, -0.25) is 37.1 Å². The summed E-state index contributed by atoms with van der Waals surface area (Å²) in [6.07, 6.45) is 13.3. The maximum absolute atomic E-state index is 9.00. The Labute approximate surface area is 243 Å². The fourth-order valence-corrected chi connectivity index (χ4v) is 3.84. The maximum atomic E-state index is 9.00. The van der Waals surface area contributed by atoms with E-state index in [0.29, 0.717) is 24.9 Å². The smallest absolute Gasteiger partial charge is 0.300 e. The first-order valence-electron chi connectivity index (χ1n) is 15.1. The number of unbranched alkanes of at least 4 members (excludes halogenated alkanes) is 5. The second kappa shape index (κ2) is 27.5. The average Bonchev–Trinajstić information content (AvgIpc) is 2.90. The van der Waals surface area contributed by atoms with Crippen LogP contribution >= 0.6 is 0 Å². The number of carbonyl (C=O) groups is 1. The standard InChI is InChI=1S/C26H56N10.C2H4O2/c1-5-9-15-21(7-3)19-33-25(29)35-23(27)31-17-13-11-12-14-18-32-24(28)36-26(30)34-20-22(8-4)16-10-6-2;1-2(3)4/h21-22H,5-20H2,1-4H3,(H5,27,29,31,33,35)(H5,28,30,32,34,36);1H3,(H,3,4). The molecule has 0 radical (unpaired) electrons. The van der Waals surface area contributed by atoms with Crippen LogP contribution in [0.15, 0.2) is 0 Å². The van der Waals surface area contributed by atoms with Gasteiger partial charge in [0.15, 0.2) is 23.8 Å². The molecule has 0 aliphatic rings. The molecule has 0 aromatic rings. The Morgan fingerprint density at radius 3 is 1.23 bits per heavy atom. The number of carboxylic acids is 1. The van der Waals surface area contributed by atoms with Crippen LogP contribution in [0, 0.1) is 33.5 Å². The highest BCUT2D eigenvalue weighted by Crippen LogP contribution is 2.11. The Morgan fingerprint density at radius 2 is 0.925 bits per heavy atom. The third kappa shape index (κ3) is 28.0. The van der Waals surface area contributed by atoms with Gasteiger partial charge in [-0.05, 0) is 37.5 Å². The molecule has 0 amide bonds. The number of carboxylic acid groups (broad SMARTS) is 1. The summed E-state index contributed by atoms with van der Waals surface area (Å²) in [6.45, 7) is 12.8. The second-order valence-electron chi connectivity index (χ2n) is 10.1. The maximum Gasteiger partial charge on any atom is 0.300 e. The lowest BCUT2D eigenvalue weighted by Crippen LogP contribution is -2.47. The predicted octanol–water partition coefficient (Wildman–Crippen LogP) is 4.35. The van der Waals surface area contributed by atoms with Crippen molar-refractivity contribution in [1.29, 1.82) is 21.6 Å². The van der Waals surface area contributed by atoms with E-state index in [1.807, 2.05) is 0 Å². The van der Waals surface area contributed by atoms with Crippen LogP contribution in [-0.4, -0.2) is 61.1 Å². The van der Waals surface area contributed by atoms with Gasteiger partial charge in [-0.15, -0.1) is 0 Å². The van der Waals surface area contributed by atoms with Crippen molar-refractivity contribution >= 4 is 29.8 Å². The third-order valence-corrected chi connectivity index (χ3v) is 6.43. The van der Waals surface area contributed by atoms with Gasteiger partial charge in [-0.25, -0.2) is 0 Å². The van der Waals surface area contributed by atoms with Crippen LogP contribution in [0.25, 0.3) is 0 Å². The average molecular weight is 569 g/mol. The summed E-state index contributed by atoms with van der Waals surface area (Å²) in [4.78, 5) is 9.00. The van der Waals surface area contributed by atoms with Crippen LogP contribution in [0.3, 0.4) is 0 Å². The molecule has 0 aromatic heterocycles. The summed E-state index contributed by atoms with van der Waals surface area (Å²) in [6, 6.07) is 0. The van der Waals surface area contributed by atoms with Crippen LogP contribution in [-0.2, 0) is 4.79 Å². The minimum absolute atomic E-state index is 0.155. The van der Waals surface area contributed by atoms with Gasteiger partial charge >= 0.3 is 0 Å². The molecule has 0 saturated heterocycles. The lowest BCUT2D eigenvalue weighted by atomic mass is 9.99. The van der Waals surface area contributed by atoms with Crippen molar-refractivity contribution in [3.05, 3.63) is 0 Å². The molecule has 0 spiro atoms.